The lowest BCUT2D eigenvalue weighted by Crippen LogP contribution is -2.24. The number of esters is 2. The first-order valence-electron chi connectivity index (χ1n) is 17.0. The van der Waals surface area contributed by atoms with Crippen molar-refractivity contribution in [2.75, 3.05) is 58.1 Å². The van der Waals surface area contributed by atoms with Crippen molar-refractivity contribution in [2.45, 2.75) is 51.9 Å². The lowest BCUT2D eigenvalue weighted by atomic mass is 10.1. The number of carbonyl (C=O) groups excluding carboxylic acids is 4. The summed E-state index contributed by atoms with van der Waals surface area (Å²) in [6.45, 7) is 2.60. The minimum atomic E-state index is -4.51. The molecule has 54 heavy (non-hydrogen) atoms. The van der Waals surface area contributed by atoms with Crippen LogP contribution in [0.25, 0.3) is 12.2 Å². The van der Waals surface area contributed by atoms with E-state index in [-0.39, 0.29) is 71.8 Å². The average molecular weight is 776 g/mol. The van der Waals surface area contributed by atoms with Crippen molar-refractivity contribution < 1.29 is 61.4 Å². The van der Waals surface area contributed by atoms with Crippen LogP contribution in [0.3, 0.4) is 0 Å². The number of ether oxygens (including phenoxy) is 5. The van der Waals surface area contributed by atoms with Gasteiger partial charge < -0.3 is 33.5 Å². The number of rotatable bonds is 28. The third-order valence-corrected chi connectivity index (χ3v) is 8.29. The number of hydrogen-bond donors (Lipinski definition) is 1. The second-order valence-electron chi connectivity index (χ2n) is 11.7. The van der Waals surface area contributed by atoms with E-state index in [1.165, 1.54) is 0 Å². The number of nitrogens with zero attached hydrogens (tertiary/aromatic N) is 5. The van der Waals surface area contributed by atoms with E-state index in [4.69, 9.17) is 18.7 Å². The Balaban J connectivity index is 1.18. The van der Waals surface area contributed by atoms with Crippen LogP contribution in [0.15, 0.2) is 48.8 Å². The maximum Gasteiger partial charge on any atom is 0.472 e. The predicted octanol–water partition coefficient (Wildman–Crippen LogP) is 3.30. The first-order valence-corrected chi connectivity index (χ1v) is 18.5. The Morgan fingerprint density at radius 1 is 0.926 bits per heavy atom. The molecule has 0 aliphatic carbocycles. The highest BCUT2D eigenvalue weighted by Gasteiger charge is 2.24. The summed E-state index contributed by atoms with van der Waals surface area (Å²) in [5.41, 5.74) is 4.69. The lowest BCUT2D eigenvalue weighted by molar-refractivity contribution is -0.145. The molecule has 19 heteroatoms. The summed E-state index contributed by atoms with van der Waals surface area (Å²) in [5, 5.41) is 8.21. The van der Waals surface area contributed by atoms with Crippen molar-refractivity contribution in [3.8, 4) is 0 Å². The second-order valence-corrected chi connectivity index (χ2v) is 13.1. The molecule has 294 valence electrons. The maximum atomic E-state index is 12.1. The molecule has 0 bridgehead atoms. The number of carbonyl (C=O) groups is 4. The number of phosphoric ester groups is 1. The van der Waals surface area contributed by atoms with E-state index in [9.17, 15) is 28.6 Å². The van der Waals surface area contributed by atoms with Crippen LogP contribution >= 0.6 is 7.82 Å². The highest BCUT2D eigenvalue weighted by molar-refractivity contribution is 7.47. The highest BCUT2D eigenvalue weighted by atomic mass is 31.2. The average Bonchev–Trinajstić information content (AvgIpc) is 3.63. The van der Waals surface area contributed by atoms with Crippen LogP contribution in [-0.2, 0) is 69.6 Å². The van der Waals surface area contributed by atoms with Crippen LogP contribution in [0.1, 0.15) is 48.2 Å². The van der Waals surface area contributed by atoms with Crippen LogP contribution in [-0.4, -0.2) is 109 Å². The minimum Gasteiger partial charge on any atom is -0.464 e. The molecule has 0 fully saturated rings. The number of hydrogen-bond acceptors (Lipinski definition) is 16. The van der Waals surface area contributed by atoms with E-state index in [1.54, 1.807) is 10.9 Å². The maximum absolute atomic E-state index is 12.1. The predicted molar refractivity (Wildman–Crippen MR) is 192 cm³/mol. The molecule has 2 unspecified atom stereocenters. The van der Waals surface area contributed by atoms with Gasteiger partial charge in [-0.2, -0.15) is 0 Å². The molecule has 1 aromatic carbocycles. The van der Waals surface area contributed by atoms with Crippen LogP contribution in [0.2, 0.25) is 0 Å². The molecule has 3 rings (SSSR count). The molecule has 2 heterocycles. The van der Waals surface area contributed by atoms with E-state index >= 15 is 0 Å². The molecule has 2 aromatic heterocycles. The first-order chi connectivity index (χ1) is 26.1. The van der Waals surface area contributed by atoms with E-state index in [1.807, 2.05) is 44.5 Å². The number of pyridine rings is 1. The Labute approximate surface area is 312 Å². The van der Waals surface area contributed by atoms with E-state index < -0.39 is 32.5 Å². The van der Waals surface area contributed by atoms with Gasteiger partial charge >= 0.3 is 19.8 Å². The zero-order chi connectivity index (χ0) is 39.0. The molecular weight excluding hydrogens is 729 g/mol. The topological polar surface area (TPSA) is 217 Å². The van der Waals surface area contributed by atoms with Crippen LogP contribution in [0.4, 0.5) is 5.69 Å². The molecule has 2 atom stereocenters. The molecule has 0 radical (unpaired) electrons. The fourth-order valence-corrected chi connectivity index (χ4v) is 5.18. The standard InChI is InChI=1S/C35H46N5O13P/c1-28-7-11-30(36-21-28)12-8-29-9-13-32(14-10-29)39(2)15-16-40-22-31(37-38-40)23-50-35(44)5-3-17-47-19-20-49-34(43)6-4-18-52-54(45,46)53-25-33(51-27-42)24-48-26-41/h7-14,21-22,26-27,33H,3-6,15-20,23-25H2,1-2H3,(H,45,46)/b12-8+. The van der Waals surface area contributed by atoms with Crippen LogP contribution in [0.5, 0.6) is 0 Å². The zero-order valence-electron chi connectivity index (χ0n) is 30.2. The van der Waals surface area contributed by atoms with Gasteiger partial charge in [-0.15, -0.1) is 5.10 Å². The number of phosphoric acid groups is 1. The van der Waals surface area contributed by atoms with Gasteiger partial charge in [0.15, 0.2) is 6.10 Å². The van der Waals surface area contributed by atoms with E-state index in [0.29, 0.717) is 25.2 Å². The van der Waals surface area contributed by atoms with Gasteiger partial charge in [0.05, 0.1) is 38.3 Å². The van der Waals surface area contributed by atoms with Crippen molar-refractivity contribution in [2.24, 2.45) is 0 Å². The van der Waals surface area contributed by atoms with Crippen molar-refractivity contribution >= 4 is 50.5 Å². The van der Waals surface area contributed by atoms with Crippen LogP contribution in [0, 0.1) is 6.92 Å². The molecule has 3 aromatic rings. The summed E-state index contributed by atoms with van der Waals surface area (Å²) in [6, 6.07) is 12.2. The molecular formula is C35H46N5O13P. The van der Waals surface area contributed by atoms with Gasteiger partial charge in [0.2, 0.25) is 0 Å². The molecule has 0 amide bonds. The number of likely N-dealkylation sites (N-methyl/N-ethyl adjacent to an activating group) is 1. The monoisotopic (exact) mass is 775 g/mol. The number of benzene rings is 1. The largest absolute Gasteiger partial charge is 0.472 e. The first kappa shape index (κ1) is 43.4. The third-order valence-electron chi connectivity index (χ3n) is 7.31. The molecule has 0 saturated heterocycles. The summed E-state index contributed by atoms with van der Waals surface area (Å²) in [4.78, 5) is 60.8. The Morgan fingerprint density at radius 3 is 2.41 bits per heavy atom. The van der Waals surface area contributed by atoms with Crippen molar-refractivity contribution in [3.63, 3.8) is 0 Å². The highest BCUT2D eigenvalue weighted by Crippen LogP contribution is 2.43. The zero-order valence-corrected chi connectivity index (χ0v) is 31.1. The van der Waals surface area contributed by atoms with Gasteiger partial charge in [0, 0.05) is 44.9 Å². The lowest BCUT2D eigenvalue weighted by Gasteiger charge is -2.19. The molecule has 1 N–H and O–H groups in total. The van der Waals surface area contributed by atoms with Gasteiger partial charge in [-0.05, 0) is 55.2 Å². The molecule has 0 spiro atoms. The van der Waals surface area contributed by atoms with Crippen LogP contribution < -0.4 is 4.90 Å². The molecule has 18 nitrogen and oxygen atoms in total. The fraction of sp³-hybridized carbons (Fsp3) is 0.457. The number of aromatic nitrogens is 4. The molecule has 0 aliphatic heterocycles. The smallest absolute Gasteiger partial charge is 0.464 e. The SMILES string of the molecule is Cc1ccc(/C=C/c2ccc(N(C)CCn3cc(COC(=O)CCCOCCOC(=O)CCCOP(=O)(O)OCC(COC=O)OC=O)nn3)cc2)nc1. The Hall–Kier alpha value is -5.00. The van der Waals surface area contributed by atoms with Gasteiger partial charge in [-0.3, -0.25) is 37.9 Å². The van der Waals surface area contributed by atoms with Gasteiger partial charge in [-0.25, -0.2) is 4.57 Å². The second kappa shape index (κ2) is 24.3. The summed E-state index contributed by atoms with van der Waals surface area (Å²) in [6.07, 6.45) is 7.00. The van der Waals surface area contributed by atoms with E-state index in [2.05, 4.69) is 58.5 Å². The molecule has 0 aliphatic rings. The van der Waals surface area contributed by atoms with Crippen molar-refractivity contribution in [1.82, 2.24) is 20.0 Å². The van der Waals surface area contributed by atoms with Gasteiger partial charge in [0.1, 0.15) is 25.5 Å². The normalized spacial score (nSPS) is 12.8. The number of anilines is 1. The Morgan fingerprint density at radius 2 is 1.69 bits per heavy atom. The minimum absolute atomic E-state index is 0.00121. The number of aryl methyl sites for hydroxylation is 1. The summed E-state index contributed by atoms with van der Waals surface area (Å²) in [5.74, 6) is -0.978. The third kappa shape index (κ3) is 18.2. The summed E-state index contributed by atoms with van der Waals surface area (Å²) in [7, 11) is -2.51. The van der Waals surface area contributed by atoms with Crippen molar-refractivity contribution in [3.05, 3.63) is 71.3 Å². The fourth-order valence-electron chi connectivity index (χ4n) is 4.39. The summed E-state index contributed by atoms with van der Waals surface area (Å²) < 4.78 is 47.7. The van der Waals surface area contributed by atoms with Gasteiger partial charge in [0.25, 0.3) is 12.9 Å². The van der Waals surface area contributed by atoms with Crippen molar-refractivity contribution in [1.29, 1.82) is 0 Å². The van der Waals surface area contributed by atoms with E-state index in [0.717, 1.165) is 22.5 Å². The Bertz CT molecular complexity index is 1650. The summed E-state index contributed by atoms with van der Waals surface area (Å²) >= 11 is 0. The Kier molecular flexibility index (Phi) is 19.6. The molecule has 0 saturated carbocycles. The quantitative estimate of drug-likeness (QED) is 0.0368. The van der Waals surface area contributed by atoms with Gasteiger partial charge in [-0.1, -0.05) is 29.5 Å².